The van der Waals surface area contributed by atoms with E-state index in [-0.39, 0.29) is 0 Å². The van der Waals surface area contributed by atoms with E-state index in [1.165, 1.54) is 0 Å². The lowest BCUT2D eigenvalue weighted by Crippen LogP contribution is -1.80. The van der Waals surface area contributed by atoms with Gasteiger partial charge >= 0.3 is 0 Å². The van der Waals surface area contributed by atoms with Crippen LogP contribution in [0.3, 0.4) is 0 Å². The third-order valence-corrected chi connectivity index (χ3v) is 2.30. The summed E-state index contributed by atoms with van der Waals surface area (Å²) in [5.41, 5.74) is 0.988. The molecule has 0 aliphatic rings. The summed E-state index contributed by atoms with van der Waals surface area (Å²) < 4.78 is 7.84. The zero-order valence-corrected chi connectivity index (χ0v) is 8.39. The molecule has 1 aromatic rings. The van der Waals surface area contributed by atoms with Crippen molar-refractivity contribution < 1.29 is 19.2 Å². The minimum atomic E-state index is 0.738. The molecule has 0 fully saturated rings. The molecule has 0 unspecified atom stereocenters. The highest BCUT2D eigenvalue weighted by Gasteiger charge is 2.01. The summed E-state index contributed by atoms with van der Waals surface area (Å²) in [6.45, 7) is 1.89. The molecule has 0 radical (unpaired) electrons. The second-order valence-electron chi connectivity index (χ2n) is 2.30. The van der Waals surface area contributed by atoms with Gasteiger partial charge < -0.3 is 0 Å². The van der Waals surface area contributed by atoms with Crippen molar-refractivity contribution in [3.05, 3.63) is 23.8 Å². The lowest BCUT2D eigenvalue weighted by molar-refractivity contribution is -0.116. The van der Waals surface area contributed by atoms with Gasteiger partial charge in [0.15, 0.2) is 0 Å². The normalized spacial score (nSPS) is 10.4. The minimum absolute atomic E-state index is 0.738. The zero-order chi connectivity index (χ0) is 9.68. The Kier molecular flexibility index (Phi) is 4.57. The highest BCUT2D eigenvalue weighted by Crippen LogP contribution is 2.26. The van der Waals surface area contributed by atoms with Gasteiger partial charge in [0, 0.05) is 9.79 Å². The van der Waals surface area contributed by atoms with E-state index in [0.717, 1.165) is 39.4 Å². The van der Waals surface area contributed by atoms with Crippen LogP contribution in [0.2, 0.25) is 0 Å². The van der Waals surface area contributed by atoms with Crippen LogP contribution in [0.4, 0.5) is 0 Å². The predicted octanol–water partition coefficient (Wildman–Crippen LogP) is 2.99. The molecule has 13 heavy (non-hydrogen) atoms. The van der Waals surface area contributed by atoms with Crippen LogP contribution in [0, 0.1) is 6.92 Å². The zero-order valence-electron chi connectivity index (χ0n) is 6.76. The van der Waals surface area contributed by atoms with Crippen LogP contribution in [-0.4, -0.2) is 10.5 Å². The van der Waals surface area contributed by atoms with Crippen LogP contribution in [0.15, 0.2) is 28.0 Å². The molecule has 0 aromatic heterocycles. The molecule has 2 N–H and O–H groups in total. The van der Waals surface area contributed by atoms with E-state index >= 15 is 0 Å². The first-order valence-corrected chi connectivity index (χ1v) is 4.82. The van der Waals surface area contributed by atoms with Crippen molar-refractivity contribution in [2.75, 3.05) is 0 Å². The molecule has 0 saturated heterocycles. The van der Waals surface area contributed by atoms with Gasteiger partial charge in [0.05, 0.1) is 24.1 Å². The largest absolute Gasteiger partial charge is 0.239 e. The fourth-order valence-electron chi connectivity index (χ4n) is 0.896. The first-order valence-electron chi connectivity index (χ1n) is 3.34. The van der Waals surface area contributed by atoms with E-state index in [1.54, 1.807) is 6.07 Å². The Balaban J connectivity index is 2.83. The summed E-state index contributed by atoms with van der Waals surface area (Å²) in [6.07, 6.45) is 0. The molecule has 1 rings (SSSR count). The van der Waals surface area contributed by atoms with Crippen molar-refractivity contribution in [3.63, 3.8) is 0 Å². The summed E-state index contributed by atoms with van der Waals surface area (Å²) in [5.74, 6) is 0. The summed E-state index contributed by atoms with van der Waals surface area (Å²) >= 11 is 1.67. The SMILES string of the molecule is Cc1cc(SOO)cc(SOO)c1. The van der Waals surface area contributed by atoms with E-state index in [4.69, 9.17) is 10.5 Å². The van der Waals surface area contributed by atoms with Crippen LogP contribution < -0.4 is 0 Å². The Morgan fingerprint density at radius 3 is 1.85 bits per heavy atom. The van der Waals surface area contributed by atoms with Crippen LogP contribution in [-0.2, 0) is 8.67 Å². The van der Waals surface area contributed by atoms with E-state index in [1.807, 2.05) is 19.1 Å². The Morgan fingerprint density at radius 2 is 1.46 bits per heavy atom. The van der Waals surface area contributed by atoms with Crippen LogP contribution in [0.5, 0.6) is 0 Å². The maximum atomic E-state index is 8.21. The van der Waals surface area contributed by atoms with Gasteiger partial charge in [0.25, 0.3) is 0 Å². The van der Waals surface area contributed by atoms with Crippen molar-refractivity contribution in [1.29, 1.82) is 0 Å². The fraction of sp³-hybridized carbons (Fsp3) is 0.143. The Labute approximate surface area is 84.1 Å². The number of benzene rings is 1. The van der Waals surface area contributed by atoms with Crippen molar-refractivity contribution in [2.45, 2.75) is 16.7 Å². The van der Waals surface area contributed by atoms with Gasteiger partial charge in [-0.05, 0) is 30.7 Å². The molecule has 0 atom stereocenters. The van der Waals surface area contributed by atoms with Crippen molar-refractivity contribution in [3.8, 4) is 0 Å². The van der Waals surface area contributed by atoms with E-state index in [2.05, 4.69) is 8.67 Å². The standard InChI is InChI=1S/C7H8O4S2/c1-5-2-6(12-10-8)4-7(3-5)13-11-9/h2-4,8-9H,1H3. The monoisotopic (exact) mass is 220 g/mol. The molecular formula is C7H8O4S2. The molecule has 0 amide bonds. The number of hydrogen-bond acceptors (Lipinski definition) is 6. The second kappa shape index (κ2) is 5.48. The predicted molar refractivity (Wildman–Crippen MR) is 50.3 cm³/mol. The topological polar surface area (TPSA) is 58.9 Å². The van der Waals surface area contributed by atoms with Gasteiger partial charge in [-0.3, -0.25) is 0 Å². The summed E-state index contributed by atoms with van der Waals surface area (Å²) in [7, 11) is 0. The molecule has 0 bridgehead atoms. The van der Waals surface area contributed by atoms with Gasteiger partial charge in [-0.1, -0.05) is 0 Å². The van der Waals surface area contributed by atoms with Crippen LogP contribution in [0.1, 0.15) is 5.56 Å². The van der Waals surface area contributed by atoms with Crippen molar-refractivity contribution >= 4 is 24.1 Å². The van der Waals surface area contributed by atoms with Gasteiger partial charge in [0.2, 0.25) is 0 Å². The summed E-state index contributed by atoms with van der Waals surface area (Å²) in [5, 5.41) is 16.4. The first-order chi connectivity index (χ1) is 6.26. The van der Waals surface area contributed by atoms with Gasteiger partial charge in [0.1, 0.15) is 0 Å². The molecule has 1 aromatic carbocycles. The molecule has 4 nitrogen and oxygen atoms in total. The molecule has 0 aliphatic heterocycles. The fourth-order valence-corrected chi connectivity index (χ4v) is 1.96. The smallest absolute Gasteiger partial charge is 0.0680 e. The van der Waals surface area contributed by atoms with E-state index < -0.39 is 0 Å². The first kappa shape index (κ1) is 10.8. The second-order valence-corrected chi connectivity index (χ2v) is 3.87. The molecule has 0 spiro atoms. The van der Waals surface area contributed by atoms with E-state index in [9.17, 15) is 0 Å². The van der Waals surface area contributed by atoms with Gasteiger partial charge in [-0.25, -0.2) is 10.5 Å². The minimum Gasteiger partial charge on any atom is -0.239 e. The lowest BCUT2D eigenvalue weighted by atomic mass is 10.2. The Hall–Kier alpha value is -0.240. The van der Waals surface area contributed by atoms with Crippen LogP contribution in [0.25, 0.3) is 0 Å². The van der Waals surface area contributed by atoms with Crippen LogP contribution >= 0.6 is 24.1 Å². The van der Waals surface area contributed by atoms with Crippen molar-refractivity contribution in [1.82, 2.24) is 0 Å². The van der Waals surface area contributed by atoms with Gasteiger partial charge in [-0.15, -0.1) is 0 Å². The third kappa shape index (κ3) is 3.55. The van der Waals surface area contributed by atoms with Gasteiger partial charge in [-0.2, -0.15) is 8.67 Å². The summed E-state index contributed by atoms with van der Waals surface area (Å²) in [4.78, 5) is 1.48. The quantitative estimate of drug-likeness (QED) is 0.462. The molecule has 72 valence electrons. The molecule has 6 heteroatoms. The molecular weight excluding hydrogens is 212 g/mol. The Morgan fingerprint density at radius 1 is 1.00 bits per heavy atom. The average Bonchev–Trinajstić information content (AvgIpc) is 2.04. The average molecular weight is 220 g/mol. The third-order valence-electron chi connectivity index (χ3n) is 1.29. The molecule has 0 aliphatic carbocycles. The maximum absolute atomic E-state index is 8.21. The highest BCUT2D eigenvalue weighted by molar-refractivity contribution is 7.95. The molecule has 0 saturated carbocycles. The van der Waals surface area contributed by atoms with Crippen molar-refractivity contribution in [2.24, 2.45) is 0 Å². The number of rotatable bonds is 4. The summed E-state index contributed by atoms with van der Waals surface area (Å²) in [6, 6.07) is 5.39. The number of hydrogen-bond donors (Lipinski definition) is 2. The highest BCUT2D eigenvalue weighted by atomic mass is 32.2. The maximum Gasteiger partial charge on any atom is 0.0680 e. The molecule has 0 heterocycles. The number of aryl methyl sites for hydroxylation is 1. The Bertz CT molecular complexity index is 255. The lowest BCUT2D eigenvalue weighted by Gasteiger charge is -2.02. The van der Waals surface area contributed by atoms with E-state index in [0.29, 0.717) is 0 Å².